The van der Waals surface area contributed by atoms with Crippen LogP contribution in [0, 0.1) is 0 Å². The number of Topliss-reactive ketones (excluding diaryl/α,β-unsaturated/α-hetero) is 1. The maximum absolute atomic E-state index is 10.8. The van der Waals surface area contributed by atoms with Gasteiger partial charge >= 0.3 is 0 Å². The van der Waals surface area contributed by atoms with Gasteiger partial charge in [-0.05, 0) is 0 Å². The van der Waals surface area contributed by atoms with Crippen LogP contribution in [-0.2, 0) is 4.79 Å². The molecule has 0 spiro atoms. The molecule has 5 atom stereocenters. The second-order valence-corrected chi connectivity index (χ2v) is 2.76. The minimum absolute atomic E-state index is 1.08. The Bertz CT molecular complexity index is 174. The summed E-state index contributed by atoms with van der Waals surface area (Å²) in [5.41, 5.74) is 0. The zero-order valence-corrected chi connectivity index (χ0v) is 6.03. The topological polar surface area (TPSA) is 118 Å². The van der Waals surface area contributed by atoms with Crippen LogP contribution in [0.4, 0.5) is 0 Å². The second-order valence-electron chi connectivity index (χ2n) is 2.76. The molecule has 0 bridgehead atoms. The standard InChI is InChI=1S/C6H10O6/c7-1-2(8)4(10)6(12)5(11)3(1)9/h1-5,7-11H/t1?,2-,3+,4-,5-/m1/s1. The largest absolute Gasteiger partial charge is 0.387 e. The Morgan fingerprint density at radius 2 is 1.08 bits per heavy atom. The molecule has 0 aromatic rings. The first kappa shape index (κ1) is 9.56. The first-order chi connectivity index (χ1) is 5.46. The van der Waals surface area contributed by atoms with Crippen molar-refractivity contribution in [2.45, 2.75) is 30.5 Å². The van der Waals surface area contributed by atoms with Crippen molar-refractivity contribution in [1.29, 1.82) is 0 Å². The highest BCUT2D eigenvalue weighted by Crippen LogP contribution is 2.17. The molecule has 1 saturated carbocycles. The summed E-state index contributed by atoms with van der Waals surface area (Å²) in [5.74, 6) is -1.08. The molecule has 0 aromatic carbocycles. The van der Waals surface area contributed by atoms with Gasteiger partial charge in [0.1, 0.15) is 30.5 Å². The zero-order chi connectivity index (χ0) is 9.46. The number of rotatable bonds is 0. The van der Waals surface area contributed by atoms with Gasteiger partial charge in [0.25, 0.3) is 0 Å². The van der Waals surface area contributed by atoms with Crippen molar-refractivity contribution in [2.24, 2.45) is 0 Å². The van der Waals surface area contributed by atoms with E-state index in [1.807, 2.05) is 0 Å². The van der Waals surface area contributed by atoms with Gasteiger partial charge in [-0.1, -0.05) is 0 Å². The Labute approximate surface area is 67.7 Å². The highest BCUT2D eigenvalue weighted by atomic mass is 16.4. The van der Waals surface area contributed by atoms with Gasteiger partial charge in [-0.2, -0.15) is 0 Å². The van der Waals surface area contributed by atoms with Crippen LogP contribution < -0.4 is 0 Å². The maximum atomic E-state index is 10.8. The van der Waals surface area contributed by atoms with Gasteiger partial charge in [0.05, 0.1) is 0 Å². The number of ketones is 1. The first-order valence-electron chi connectivity index (χ1n) is 3.41. The Kier molecular flexibility index (Phi) is 2.45. The van der Waals surface area contributed by atoms with E-state index < -0.39 is 36.3 Å². The van der Waals surface area contributed by atoms with Crippen LogP contribution in [0.5, 0.6) is 0 Å². The first-order valence-corrected chi connectivity index (χ1v) is 3.41. The van der Waals surface area contributed by atoms with Crippen molar-refractivity contribution < 1.29 is 30.3 Å². The van der Waals surface area contributed by atoms with Gasteiger partial charge in [0, 0.05) is 0 Å². The molecular weight excluding hydrogens is 168 g/mol. The molecule has 1 unspecified atom stereocenters. The van der Waals surface area contributed by atoms with E-state index in [1.165, 1.54) is 0 Å². The summed E-state index contributed by atoms with van der Waals surface area (Å²) in [7, 11) is 0. The van der Waals surface area contributed by atoms with E-state index in [2.05, 4.69) is 0 Å². The summed E-state index contributed by atoms with van der Waals surface area (Å²) >= 11 is 0. The van der Waals surface area contributed by atoms with Crippen molar-refractivity contribution in [3.63, 3.8) is 0 Å². The molecule has 0 aromatic heterocycles. The maximum Gasteiger partial charge on any atom is 0.195 e. The average Bonchev–Trinajstić information content (AvgIpc) is 2.08. The fourth-order valence-corrected chi connectivity index (χ4v) is 1.09. The summed E-state index contributed by atoms with van der Waals surface area (Å²) < 4.78 is 0. The van der Waals surface area contributed by atoms with Crippen LogP contribution in [0.3, 0.4) is 0 Å². The van der Waals surface area contributed by atoms with Crippen molar-refractivity contribution in [1.82, 2.24) is 0 Å². The lowest BCUT2D eigenvalue weighted by Crippen LogP contribution is -2.61. The third-order valence-corrected chi connectivity index (χ3v) is 1.93. The summed E-state index contributed by atoms with van der Waals surface area (Å²) in [6, 6.07) is 0. The fourth-order valence-electron chi connectivity index (χ4n) is 1.09. The SMILES string of the molecule is O=C1[C@H](O)[C@H](O)C(O)[C@H](O)[C@H]1O. The molecule has 5 N–H and O–H groups in total. The minimum Gasteiger partial charge on any atom is -0.387 e. The van der Waals surface area contributed by atoms with Crippen molar-refractivity contribution in [3.8, 4) is 0 Å². The van der Waals surface area contributed by atoms with Gasteiger partial charge in [0.15, 0.2) is 5.78 Å². The summed E-state index contributed by atoms with van der Waals surface area (Å²) in [6.45, 7) is 0. The number of aliphatic hydroxyl groups excluding tert-OH is 5. The molecule has 1 fully saturated rings. The molecule has 12 heavy (non-hydrogen) atoms. The smallest absolute Gasteiger partial charge is 0.195 e. The molecule has 6 heteroatoms. The molecule has 0 aliphatic heterocycles. The molecular formula is C6H10O6. The molecule has 1 rings (SSSR count). The van der Waals surface area contributed by atoms with E-state index in [0.717, 1.165) is 0 Å². The molecule has 0 amide bonds. The summed E-state index contributed by atoms with van der Waals surface area (Å²) in [6.07, 6.45) is -8.85. The van der Waals surface area contributed by atoms with E-state index in [-0.39, 0.29) is 0 Å². The Morgan fingerprint density at radius 3 is 1.42 bits per heavy atom. The van der Waals surface area contributed by atoms with Crippen LogP contribution in [0.25, 0.3) is 0 Å². The fraction of sp³-hybridized carbons (Fsp3) is 0.833. The van der Waals surface area contributed by atoms with Crippen LogP contribution in [0.1, 0.15) is 0 Å². The highest BCUT2D eigenvalue weighted by Gasteiger charge is 2.47. The number of hydrogen-bond donors (Lipinski definition) is 5. The lowest BCUT2D eigenvalue weighted by Gasteiger charge is -2.34. The van der Waals surface area contributed by atoms with Crippen molar-refractivity contribution in [3.05, 3.63) is 0 Å². The quantitative estimate of drug-likeness (QED) is 0.261. The monoisotopic (exact) mass is 178 g/mol. The van der Waals surface area contributed by atoms with Crippen molar-refractivity contribution in [2.75, 3.05) is 0 Å². The normalized spacial score (nSPS) is 49.4. The van der Waals surface area contributed by atoms with Gasteiger partial charge in [-0.25, -0.2) is 0 Å². The molecule has 0 saturated heterocycles. The van der Waals surface area contributed by atoms with Gasteiger partial charge in [-0.15, -0.1) is 0 Å². The molecule has 70 valence electrons. The number of hydrogen-bond acceptors (Lipinski definition) is 6. The van der Waals surface area contributed by atoms with Crippen LogP contribution in [0.2, 0.25) is 0 Å². The van der Waals surface area contributed by atoms with E-state index >= 15 is 0 Å². The third-order valence-electron chi connectivity index (χ3n) is 1.93. The Hall–Kier alpha value is -0.530. The summed E-state index contributed by atoms with van der Waals surface area (Å²) in [4.78, 5) is 10.8. The third kappa shape index (κ3) is 1.23. The minimum atomic E-state index is -1.83. The lowest BCUT2D eigenvalue weighted by atomic mass is 9.86. The van der Waals surface area contributed by atoms with Crippen LogP contribution >= 0.6 is 0 Å². The van der Waals surface area contributed by atoms with E-state index in [0.29, 0.717) is 0 Å². The van der Waals surface area contributed by atoms with Crippen LogP contribution in [0.15, 0.2) is 0 Å². The molecule has 6 nitrogen and oxygen atoms in total. The Balaban J connectivity index is 2.83. The molecule has 1 aliphatic rings. The van der Waals surface area contributed by atoms with E-state index in [9.17, 15) is 4.79 Å². The summed E-state index contributed by atoms with van der Waals surface area (Å²) in [5, 5.41) is 44.5. The van der Waals surface area contributed by atoms with E-state index in [1.54, 1.807) is 0 Å². The van der Waals surface area contributed by atoms with Gasteiger partial charge in [-0.3, -0.25) is 4.79 Å². The highest BCUT2D eigenvalue weighted by molar-refractivity contribution is 5.89. The number of aliphatic hydroxyl groups is 5. The molecule has 0 heterocycles. The number of carbonyl (C=O) groups excluding carboxylic acids is 1. The predicted molar refractivity (Wildman–Crippen MR) is 35.0 cm³/mol. The second kappa shape index (κ2) is 3.08. The predicted octanol–water partition coefficient (Wildman–Crippen LogP) is -3.63. The van der Waals surface area contributed by atoms with Gasteiger partial charge in [0.2, 0.25) is 0 Å². The zero-order valence-electron chi connectivity index (χ0n) is 6.03. The van der Waals surface area contributed by atoms with Crippen molar-refractivity contribution >= 4 is 5.78 Å². The average molecular weight is 178 g/mol. The van der Waals surface area contributed by atoms with E-state index in [4.69, 9.17) is 25.5 Å². The molecule has 0 radical (unpaired) electrons. The lowest BCUT2D eigenvalue weighted by molar-refractivity contribution is -0.185. The Morgan fingerprint density at radius 1 is 0.750 bits per heavy atom. The van der Waals surface area contributed by atoms with Gasteiger partial charge < -0.3 is 25.5 Å². The molecule has 1 aliphatic carbocycles. The number of carbonyl (C=O) groups is 1. The van der Waals surface area contributed by atoms with Crippen LogP contribution in [-0.4, -0.2) is 61.8 Å².